The molecule has 3 aromatic rings. The van der Waals surface area contributed by atoms with E-state index in [1.54, 1.807) is 6.92 Å². The van der Waals surface area contributed by atoms with Gasteiger partial charge in [0.25, 0.3) is 0 Å². The molecule has 0 fully saturated rings. The zero-order valence-corrected chi connectivity index (χ0v) is 17.7. The number of rotatable bonds is 7. The number of fused-ring (bicyclic) bond motifs is 1. The molecule has 28 heavy (non-hydrogen) atoms. The van der Waals surface area contributed by atoms with E-state index >= 15 is 0 Å². The van der Waals surface area contributed by atoms with Crippen molar-refractivity contribution in [2.75, 3.05) is 12.3 Å². The van der Waals surface area contributed by atoms with Crippen LogP contribution in [0.2, 0.25) is 5.02 Å². The Balaban J connectivity index is 1.94. The topological polar surface area (TPSA) is 81.7 Å². The van der Waals surface area contributed by atoms with Gasteiger partial charge in [-0.05, 0) is 38.1 Å². The summed E-state index contributed by atoms with van der Waals surface area (Å²) in [6.45, 7) is 7.77. The highest BCUT2D eigenvalue weighted by atomic mass is 35.5. The fourth-order valence-corrected chi connectivity index (χ4v) is 4.09. The summed E-state index contributed by atoms with van der Waals surface area (Å²) in [5, 5.41) is 4.89. The first-order chi connectivity index (χ1) is 13.5. The smallest absolute Gasteiger partial charge is 0.175 e. The van der Waals surface area contributed by atoms with E-state index in [4.69, 9.17) is 22.3 Å². The number of hydrogen-bond acceptors (Lipinski definition) is 6. The average Bonchev–Trinajstić information content (AvgIpc) is 2.97. The van der Waals surface area contributed by atoms with Crippen molar-refractivity contribution >= 4 is 40.3 Å². The molecular weight excluding hydrogens is 392 g/mol. The van der Waals surface area contributed by atoms with E-state index in [1.165, 1.54) is 18.1 Å². The van der Waals surface area contributed by atoms with Gasteiger partial charge in [-0.15, -0.1) is 5.92 Å². The van der Waals surface area contributed by atoms with E-state index in [-0.39, 0.29) is 0 Å². The normalized spacial score (nSPS) is 11.0. The zero-order valence-electron chi connectivity index (χ0n) is 16.2. The Kier molecular flexibility index (Phi) is 6.79. The Hall–Kier alpha value is -2.27. The maximum Gasteiger partial charge on any atom is 0.175 e. The first-order valence-electron chi connectivity index (χ1n) is 9.09. The number of nitrogens with two attached hydrogens (primary N) is 1. The standard InChI is InChI=1S/C20H23ClN6S/c1-4-6-14-9-15(21)11-16(10-14)28-20-26-17-18(22)24-12-25-19(17)27(20)8-5-7-23-13(2)3/h9-13,23H,5,7-8H2,1-3H3,(H2,22,24,25). The molecular formula is C20H23ClN6S. The molecule has 0 spiro atoms. The molecule has 0 atom stereocenters. The van der Waals surface area contributed by atoms with Gasteiger partial charge < -0.3 is 15.6 Å². The van der Waals surface area contributed by atoms with Gasteiger partial charge in [0, 0.05) is 28.1 Å². The Bertz CT molecular complexity index is 1030. The fourth-order valence-electron chi connectivity index (χ4n) is 2.78. The molecule has 0 saturated heterocycles. The summed E-state index contributed by atoms with van der Waals surface area (Å²) in [4.78, 5) is 14.2. The van der Waals surface area contributed by atoms with E-state index in [0.717, 1.165) is 40.8 Å². The Labute approximate surface area is 174 Å². The molecule has 0 unspecified atom stereocenters. The molecule has 3 N–H and O–H groups in total. The highest BCUT2D eigenvalue weighted by Crippen LogP contribution is 2.33. The number of nitrogens with one attached hydrogen (secondary N) is 1. The number of imidazole rings is 1. The molecule has 0 bridgehead atoms. The van der Waals surface area contributed by atoms with Crippen LogP contribution in [0.1, 0.15) is 32.8 Å². The van der Waals surface area contributed by atoms with Gasteiger partial charge in [-0.3, -0.25) is 0 Å². The van der Waals surface area contributed by atoms with Crippen LogP contribution >= 0.6 is 23.4 Å². The second-order valence-corrected chi connectivity index (χ2v) is 8.07. The molecule has 146 valence electrons. The number of benzene rings is 1. The molecule has 3 rings (SSSR count). The van der Waals surface area contributed by atoms with Crippen LogP contribution in [0.25, 0.3) is 11.2 Å². The second-order valence-electron chi connectivity index (χ2n) is 6.59. The van der Waals surface area contributed by atoms with Crippen LogP contribution in [0.4, 0.5) is 5.82 Å². The van der Waals surface area contributed by atoms with Crippen molar-refractivity contribution < 1.29 is 0 Å². The predicted octanol–water partition coefficient (Wildman–Crippen LogP) is 3.97. The molecule has 0 saturated carbocycles. The second kappa shape index (κ2) is 9.28. The van der Waals surface area contributed by atoms with Crippen molar-refractivity contribution in [2.45, 2.75) is 49.8 Å². The fraction of sp³-hybridized carbons (Fsp3) is 0.350. The number of aryl methyl sites for hydroxylation is 1. The van der Waals surface area contributed by atoms with Crippen molar-refractivity contribution in [2.24, 2.45) is 0 Å². The monoisotopic (exact) mass is 414 g/mol. The lowest BCUT2D eigenvalue weighted by Crippen LogP contribution is -2.24. The number of aromatic nitrogens is 4. The average molecular weight is 415 g/mol. The van der Waals surface area contributed by atoms with Crippen LogP contribution in [-0.2, 0) is 6.54 Å². The molecule has 0 radical (unpaired) electrons. The van der Waals surface area contributed by atoms with Gasteiger partial charge >= 0.3 is 0 Å². The first kappa shape index (κ1) is 20.5. The molecule has 0 amide bonds. The van der Waals surface area contributed by atoms with Gasteiger partial charge in [0.05, 0.1) is 0 Å². The van der Waals surface area contributed by atoms with Crippen LogP contribution in [0, 0.1) is 11.8 Å². The van der Waals surface area contributed by atoms with Crippen LogP contribution in [0.5, 0.6) is 0 Å². The van der Waals surface area contributed by atoms with Gasteiger partial charge in [-0.2, -0.15) is 0 Å². The van der Waals surface area contributed by atoms with Crippen molar-refractivity contribution in [3.8, 4) is 11.8 Å². The molecule has 0 aliphatic heterocycles. The molecule has 8 heteroatoms. The zero-order chi connectivity index (χ0) is 20.1. The number of nitrogen functional groups attached to an aromatic ring is 1. The highest BCUT2D eigenvalue weighted by Gasteiger charge is 2.16. The van der Waals surface area contributed by atoms with Crippen LogP contribution in [0.15, 0.2) is 34.6 Å². The lowest BCUT2D eigenvalue weighted by Gasteiger charge is -2.11. The first-order valence-corrected chi connectivity index (χ1v) is 10.3. The van der Waals surface area contributed by atoms with Crippen molar-refractivity contribution in [3.63, 3.8) is 0 Å². The number of hydrogen-bond donors (Lipinski definition) is 2. The quantitative estimate of drug-likeness (QED) is 0.449. The summed E-state index contributed by atoms with van der Waals surface area (Å²) in [5.41, 5.74) is 8.27. The van der Waals surface area contributed by atoms with Crippen molar-refractivity contribution in [1.82, 2.24) is 24.8 Å². The Morgan fingerprint density at radius 2 is 2.11 bits per heavy atom. The van der Waals surface area contributed by atoms with Crippen LogP contribution in [0.3, 0.4) is 0 Å². The minimum absolute atomic E-state index is 0.384. The summed E-state index contributed by atoms with van der Waals surface area (Å²) >= 11 is 7.79. The number of anilines is 1. The van der Waals surface area contributed by atoms with E-state index in [1.807, 2.05) is 18.2 Å². The Morgan fingerprint density at radius 3 is 2.86 bits per heavy atom. The maximum absolute atomic E-state index is 6.27. The van der Waals surface area contributed by atoms with Gasteiger partial charge in [-0.25, -0.2) is 15.0 Å². The summed E-state index contributed by atoms with van der Waals surface area (Å²) in [7, 11) is 0. The van der Waals surface area contributed by atoms with Crippen molar-refractivity contribution in [3.05, 3.63) is 35.1 Å². The number of halogens is 1. The third-order valence-electron chi connectivity index (χ3n) is 3.99. The molecule has 2 heterocycles. The lowest BCUT2D eigenvalue weighted by atomic mass is 10.2. The summed E-state index contributed by atoms with van der Waals surface area (Å²) in [6, 6.07) is 6.22. The van der Waals surface area contributed by atoms with E-state index in [9.17, 15) is 0 Å². The molecule has 2 aromatic heterocycles. The SMILES string of the molecule is CC#Cc1cc(Cl)cc(Sc2nc3c(N)ncnc3n2CCCNC(C)C)c1. The summed E-state index contributed by atoms with van der Waals surface area (Å²) in [5.74, 6) is 6.34. The van der Waals surface area contributed by atoms with Gasteiger partial charge in [0.2, 0.25) is 0 Å². The molecule has 0 aliphatic rings. The van der Waals surface area contributed by atoms with Gasteiger partial charge in [0.1, 0.15) is 6.33 Å². The summed E-state index contributed by atoms with van der Waals surface area (Å²) in [6.07, 6.45) is 2.42. The highest BCUT2D eigenvalue weighted by molar-refractivity contribution is 7.99. The van der Waals surface area contributed by atoms with Crippen LogP contribution in [-0.4, -0.2) is 32.1 Å². The van der Waals surface area contributed by atoms with E-state index < -0.39 is 0 Å². The third kappa shape index (κ3) is 4.96. The molecule has 1 aromatic carbocycles. The van der Waals surface area contributed by atoms with Crippen molar-refractivity contribution in [1.29, 1.82) is 0 Å². The van der Waals surface area contributed by atoms with Crippen LogP contribution < -0.4 is 11.1 Å². The summed E-state index contributed by atoms with van der Waals surface area (Å²) < 4.78 is 2.09. The largest absolute Gasteiger partial charge is 0.382 e. The predicted molar refractivity (Wildman–Crippen MR) is 116 cm³/mol. The van der Waals surface area contributed by atoms with E-state index in [2.05, 4.69) is 45.5 Å². The molecule has 0 aliphatic carbocycles. The number of nitrogens with zero attached hydrogens (tertiary/aromatic N) is 4. The minimum Gasteiger partial charge on any atom is -0.382 e. The third-order valence-corrected chi connectivity index (χ3v) is 5.17. The minimum atomic E-state index is 0.384. The Morgan fingerprint density at radius 1 is 1.29 bits per heavy atom. The van der Waals surface area contributed by atoms with E-state index in [0.29, 0.717) is 22.4 Å². The van der Waals surface area contributed by atoms with Gasteiger partial charge in [-0.1, -0.05) is 43.1 Å². The maximum atomic E-state index is 6.27. The lowest BCUT2D eigenvalue weighted by molar-refractivity contribution is 0.525. The van der Waals surface area contributed by atoms with Gasteiger partial charge in [0.15, 0.2) is 22.1 Å². The molecule has 6 nitrogen and oxygen atoms in total.